The summed E-state index contributed by atoms with van der Waals surface area (Å²) in [4.78, 5) is 39.8. The number of quaternary nitrogens is 1. The highest BCUT2D eigenvalue weighted by molar-refractivity contribution is 7.45. The predicted octanol–water partition coefficient (Wildman–Crippen LogP) is 16.1. The van der Waals surface area contributed by atoms with Gasteiger partial charge >= 0.3 is 5.97 Å². The summed E-state index contributed by atoms with van der Waals surface area (Å²) in [6.07, 6.45) is 55.3. The molecule has 0 aromatic heterocycles. The van der Waals surface area contributed by atoms with E-state index >= 15 is 0 Å². The van der Waals surface area contributed by atoms with Crippen LogP contribution in [0.1, 0.15) is 265 Å². The van der Waals surface area contributed by atoms with Crippen LogP contribution in [0.5, 0.6) is 0 Å². The van der Waals surface area contributed by atoms with Crippen molar-refractivity contribution >= 4 is 19.7 Å². The van der Waals surface area contributed by atoms with Gasteiger partial charge in [-0.15, -0.1) is 0 Å². The number of phosphoric acid groups is 1. The van der Waals surface area contributed by atoms with Gasteiger partial charge in [0.15, 0.2) is 0 Å². The van der Waals surface area contributed by atoms with Crippen LogP contribution in [0.3, 0.4) is 0 Å². The fourth-order valence-corrected chi connectivity index (χ4v) is 8.88. The van der Waals surface area contributed by atoms with Gasteiger partial charge in [0.2, 0.25) is 5.91 Å². The predicted molar refractivity (Wildman–Crippen MR) is 284 cm³/mol. The number of likely N-dealkylation sites (N-methyl/N-ethyl adjacent to an activating group) is 1. The Balaban J connectivity index is 5.37. The third-order valence-electron chi connectivity index (χ3n) is 12.6. The standard InChI is InChI=1S/C57H109N2O7P/c1-7-10-13-16-19-22-25-27-29-30-31-34-37-40-43-46-49-56(60)58-54(53-65-67(62,63)64-52-51-59(4,5)6)55(48-45-42-39-36-33-24-21-18-15-12-9-3)66-57(61)50-47-44-41-38-35-32-28-26-23-20-17-14-11-8-2/h29-31,34,45,48,54-55H,7-28,32-33,35-44,46-47,49-53H2,1-6H3,(H-,58,60,62,63)/b30-29+,34-31+,48-45+. The molecule has 9 nitrogen and oxygen atoms in total. The Hall–Kier alpha value is -1.77. The Morgan fingerprint density at radius 2 is 0.896 bits per heavy atom. The molecule has 0 bridgehead atoms. The van der Waals surface area contributed by atoms with E-state index in [2.05, 4.69) is 50.4 Å². The zero-order valence-corrected chi connectivity index (χ0v) is 45.8. The maximum absolute atomic E-state index is 13.4. The number of phosphoric ester groups is 1. The first kappa shape index (κ1) is 65.2. The van der Waals surface area contributed by atoms with Crippen LogP contribution in [-0.4, -0.2) is 69.4 Å². The fourth-order valence-electron chi connectivity index (χ4n) is 8.16. The number of unbranched alkanes of at least 4 members (excludes halogenated alkanes) is 32. The van der Waals surface area contributed by atoms with E-state index in [9.17, 15) is 19.0 Å². The number of amides is 1. The number of carbonyl (C=O) groups is 2. The van der Waals surface area contributed by atoms with Gasteiger partial charge in [0.25, 0.3) is 7.82 Å². The SMILES string of the molecule is CCCCCCCCC/C=C/C=C/CCCCCC(=O)NC(COP(=O)([O-])OCC[N+](C)(C)C)C(/C=C/CCCCCCCCCCC)OC(=O)CCCCCCCCCCCCCCCC. The normalized spacial score (nSPS) is 14.1. The lowest BCUT2D eigenvalue weighted by atomic mass is 10.0. The van der Waals surface area contributed by atoms with Crippen LogP contribution in [0.25, 0.3) is 0 Å². The highest BCUT2D eigenvalue weighted by atomic mass is 31.2. The Morgan fingerprint density at radius 3 is 1.33 bits per heavy atom. The van der Waals surface area contributed by atoms with Crippen molar-refractivity contribution in [3.05, 3.63) is 36.5 Å². The molecule has 0 rings (SSSR count). The molecule has 10 heteroatoms. The van der Waals surface area contributed by atoms with E-state index in [1.54, 1.807) is 0 Å². The quantitative estimate of drug-likeness (QED) is 0.0161. The lowest BCUT2D eigenvalue weighted by Gasteiger charge is -2.30. The molecule has 3 unspecified atom stereocenters. The monoisotopic (exact) mass is 965 g/mol. The number of carbonyl (C=O) groups excluding carboxylic acids is 2. The van der Waals surface area contributed by atoms with Crippen molar-refractivity contribution < 1.29 is 37.3 Å². The van der Waals surface area contributed by atoms with Crippen molar-refractivity contribution in [1.82, 2.24) is 5.32 Å². The van der Waals surface area contributed by atoms with Crippen molar-refractivity contribution in [2.45, 2.75) is 277 Å². The Labute approximate surface area is 415 Å². The van der Waals surface area contributed by atoms with Gasteiger partial charge in [-0.05, 0) is 57.4 Å². The molecule has 67 heavy (non-hydrogen) atoms. The van der Waals surface area contributed by atoms with E-state index in [-0.39, 0.29) is 31.3 Å². The van der Waals surface area contributed by atoms with Crippen LogP contribution in [0.2, 0.25) is 0 Å². The van der Waals surface area contributed by atoms with E-state index < -0.39 is 26.6 Å². The number of hydrogen-bond donors (Lipinski definition) is 1. The molecule has 0 spiro atoms. The van der Waals surface area contributed by atoms with Gasteiger partial charge in [-0.25, -0.2) is 0 Å². The summed E-state index contributed by atoms with van der Waals surface area (Å²) in [5.41, 5.74) is 0. The van der Waals surface area contributed by atoms with Gasteiger partial charge in [-0.3, -0.25) is 14.2 Å². The van der Waals surface area contributed by atoms with Crippen LogP contribution >= 0.6 is 7.82 Å². The van der Waals surface area contributed by atoms with Gasteiger partial charge in [0, 0.05) is 12.8 Å². The first-order valence-corrected chi connectivity index (χ1v) is 29.8. The van der Waals surface area contributed by atoms with Gasteiger partial charge < -0.3 is 28.5 Å². The molecule has 1 N–H and O–H groups in total. The van der Waals surface area contributed by atoms with Gasteiger partial charge in [-0.1, -0.05) is 231 Å². The number of hydrogen-bond acceptors (Lipinski definition) is 7. The van der Waals surface area contributed by atoms with Crippen LogP contribution in [0, 0.1) is 0 Å². The minimum Gasteiger partial charge on any atom is -0.756 e. The third-order valence-corrected chi connectivity index (χ3v) is 13.6. The Morgan fingerprint density at radius 1 is 0.522 bits per heavy atom. The first-order valence-electron chi connectivity index (χ1n) is 28.3. The summed E-state index contributed by atoms with van der Waals surface area (Å²) in [5.74, 6) is -0.564. The van der Waals surface area contributed by atoms with E-state index in [0.29, 0.717) is 17.4 Å². The number of allylic oxidation sites excluding steroid dienone is 5. The Kier molecular flexibility index (Phi) is 46.6. The molecule has 0 saturated heterocycles. The zero-order valence-electron chi connectivity index (χ0n) is 44.9. The average Bonchev–Trinajstić information content (AvgIpc) is 3.28. The molecular weight excluding hydrogens is 856 g/mol. The first-order chi connectivity index (χ1) is 32.4. The van der Waals surface area contributed by atoms with Gasteiger partial charge in [-0.2, -0.15) is 0 Å². The van der Waals surface area contributed by atoms with E-state index in [0.717, 1.165) is 64.2 Å². The second kappa shape index (κ2) is 47.9. The molecule has 0 aliphatic heterocycles. The van der Waals surface area contributed by atoms with Crippen LogP contribution in [0.4, 0.5) is 0 Å². The van der Waals surface area contributed by atoms with Crippen LogP contribution in [-0.2, 0) is 27.9 Å². The summed E-state index contributed by atoms with van der Waals surface area (Å²) < 4.78 is 30.2. The molecule has 1 amide bonds. The van der Waals surface area contributed by atoms with Crippen molar-refractivity contribution in [3.8, 4) is 0 Å². The highest BCUT2D eigenvalue weighted by Crippen LogP contribution is 2.38. The highest BCUT2D eigenvalue weighted by Gasteiger charge is 2.27. The summed E-state index contributed by atoms with van der Waals surface area (Å²) in [6.45, 7) is 6.82. The molecule has 0 radical (unpaired) electrons. The van der Waals surface area contributed by atoms with Crippen molar-refractivity contribution in [3.63, 3.8) is 0 Å². The summed E-state index contributed by atoms with van der Waals surface area (Å²) in [5, 5.41) is 3.00. The van der Waals surface area contributed by atoms with Crippen molar-refractivity contribution in [1.29, 1.82) is 0 Å². The maximum Gasteiger partial charge on any atom is 0.306 e. The largest absolute Gasteiger partial charge is 0.756 e. The average molecular weight is 965 g/mol. The van der Waals surface area contributed by atoms with Crippen molar-refractivity contribution in [2.24, 2.45) is 0 Å². The molecular formula is C57H109N2O7P. The summed E-state index contributed by atoms with van der Waals surface area (Å²) in [6, 6.07) is -0.896. The minimum atomic E-state index is -4.69. The number of rotatable bonds is 51. The second-order valence-electron chi connectivity index (χ2n) is 20.5. The van der Waals surface area contributed by atoms with E-state index in [1.807, 2.05) is 33.3 Å². The maximum atomic E-state index is 13.4. The van der Waals surface area contributed by atoms with Crippen molar-refractivity contribution in [2.75, 3.05) is 40.9 Å². The smallest absolute Gasteiger partial charge is 0.306 e. The number of ether oxygens (including phenoxy) is 1. The molecule has 0 aliphatic rings. The number of esters is 1. The van der Waals surface area contributed by atoms with Crippen LogP contribution < -0.4 is 10.2 Å². The zero-order chi connectivity index (χ0) is 49.4. The molecule has 0 aliphatic carbocycles. The van der Waals surface area contributed by atoms with Crippen LogP contribution in [0.15, 0.2) is 36.5 Å². The Bertz CT molecular complexity index is 1250. The molecule has 394 valence electrons. The number of nitrogens with one attached hydrogen (secondary N) is 1. The van der Waals surface area contributed by atoms with Gasteiger partial charge in [0.1, 0.15) is 19.3 Å². The van der Waals surface area contributed by atoms with Gasteiger partial charge in [0.05, 0.1) is 33.8 Å². The molecule has 0 saturated carbocycles. The second-order valence-corrected chi connectivity index (χ2v) is 21.9. The lowest BCUT2D eigenvalue weighted by molar-refractivity contribution is -0.870. The number of nitrogens with zero attached hydrogens (tertiary/aromatic N) is 1. The molecule has 0 aromatic rings. The minimum absolute atomic E-state index is 0.0255. The molecule has 0 fully saturated rings. The molecule has 0 heterocycles. The summed E-state index contributed by atoms with van der Waals surface area (Å²) in [7, 11) is 1.17. The molecule has 0 aromatic carbocycles. The van der Waals surface area contributed by atoms with E-state index in [1.165, 1.54) is 161 Å². The topological polar surface area (TPSA) is 114 Å². The fraction of sp³-hybridized carbons (Fsp3) is 0.860. The lowest BCUT2D eigenvalue weighted by Crippen LogP contribution is -2.47. The summed E-state index contributed by atoms with van der Waals surface area (Å²) >= 11 is 0. The van der Waals surface area contributed by atoms with E-state index in [4.69, 9.17) is 13.8 Å². The molecule has 3 atom stereocenters. The third kappa shape index (κ3) is 49.0.